The molecule has 1 N–H and O–H groups in total. The third-order valence-corrected chi connectivity index (χ3v) is 6.79. The van der Waals surface area contributed by atoms with Crippen molar-refractivity contribution in [1.29, 1.82) is 0 Å². The van der Waals surface area contributed by atoms with Crippen molar-refractivity contribution in [3.8, 4) is 5.75 Å². The molecule has 34 heavy (non-hydrogen) atoms. The molecule has 0 saturated carbocycles. The molecule has 0 unspecified atom stereocenters. The molecular weight excluding hydrogens is 456 g/mol. The molecule has 3 aromatic rings. The monoisotopic (exact) mass is 482 g/mol. The van der Waals surface area contributed by atoms with Crippen molar-refractivity contribution >= 4 is 33.3 Å². The quantitative estimate of drug-likeness (QED) is 0.462. The minimum atomic E-state index is -4.04. The van der Waals surface area contributed by atoms with E-state index in [2.05, 4.69) is 5.32 Å². The van der Waals surface area contributed by atoms with Crippen LogP contribution in [0.2, 0.25) is 0 Å². The van der Waals surface area contributed by atoms with Gasteiger partial charge < -0.3 is 14.8 Å². The van der Waals surface area contributed by atoms with Gasteiger partial charge in [-0.3, -0.25) is 9.10 Å². The Morgan fingerprint density at radius 2 is 1.65 bits per heavy atom. The van der Waals surface area contributed by atoms with Gasteiger partial charge >= 0.3 is 5.97 Å². The van der Waals surface area contributed by atoms with Crippen molar-refractivity contribution in [2.45, 2.75) is 18.7 Å². The lowest BCUT2D eigenvalue weighted by Gasteiger charge is -2.24. The van der Waals surface area contributed by atoms with Crippen LogP contribution < -0.4 is 14.4 Å². The standard InChI is InChI=1S/C25H26N2O6S/c1-4-33-25(29)19-11-10-18(2)23(16-19)26-24(28)17-27(20-12-14-21(32-3)15-13-20)34(30,31)22-8-6-5-7-9-22/h5-16H,4,17H2,1-3H3,(H,26,28). The zero-order chi connectivity index (χ0) is 24.7. The summed E-state index contributed by atoms with van der Waals surface area (Å²) in [5, 5.41) is 2.72. The highest BCUT2D eigenvalue weighted by atomic mass is 32.2. The van der Waals surface area contributed by atoms with Gasteiger partial charge in [0.05, 0.1) is 29.9 Å². The lowest BCUT2D eigenvalue weighted by atomic mass is 10.1. The van der Waals surface area contributed by atoms with Gasteiger partial charge in [0.1, 0.15) is 12.3 Å². The fraction of sp³-hybridized carbons (Fsp3) is 0.200. The van der Waals surface area contributed by atoms with E-state index in [9.17, 15) is 18.0 Å². The van der Waals surface area contributed by atoms with Gasteiger partial charge in [0.15, 0.2) is 0 Å². The maximum absolute atomic E-state index is 13.4. The minimum Gasteiger partial charge on any atom is -0.497 e. The summed E-state index contributed by atoms with van der Waals surface area (Å²) in [5.41, 5.74) is 1.69. The predicted molar refractivity (Wildman–Crippen MR) is 130 cm³/mol. The number of methoxy groups -OCH3 is 1. The number of aryl methyl sites for hydroxylation is 1. The maximum atomic E-state index is 13.4. The summed E-state index contributed by atoms with van der Waals surface area (Å²) in [4.78, 5) is 25.1. The van der Waals surface area contributed by atoms with Crippen LogP contribution in [0.25, 0.3) is 0 Å². The smallest absolute Gasteiger partial charge is 0.338 e. The second-order valence-corrected chi connectivity index (χ2v) is 9.18. The van der Waals surface area contributed by atoms with Crippen LogP contribution in [0, 0.1) is 6.92 Å². The first kappa shape index (κ1) is 24.8. The van der Waals surface area contributed by atoms with Gasteiger partial charge in [-0.2, -0.15) is 0 Å². The van der Waals surface area contributed by atoms with Crippen molar-refractivity contribution in [3.05, 3.63) is 83.9 Å². The van der Waals surface area contributed by atoms with E-state index >= 15 is 0 Å². The third kappa shape index (κ3) is 5.74. The van der Waals surface area contributed by atoms with Gasteiger partial charge in [0, 0.05) is 5.69 Å². The van der Waals surface area contributed by atoms with Gasteiger partial charge in [-0.1, -0.05) is 24.3 Å². The van der Waals surface area contributed by atoms with Crippen LogP contribution in [-0.4, -0.2) is 40.6 Å². The highest BCUT2D eigenvalue weighted by Gasteiger charge is 2.27. The highest BCUT2D eigenvalue weighted by Crippen LogP contribution is 2.26. The zero-order valence-electron chi connectivity index (χ0n) is 19.1. The molecule has 0 aliphatic rings. The first-order valence-electron chi connectivity index (χ1n) is 10.6. The van der Waals surface area contributed by atoms with E-state index in [1.165, 1.54) is 25.3 Å². The van der Waals surface area contributed by atoms with Crippen LogP contribution in [0.4, 0.5) is 11.4 Å². The summed E-state index contributed by atoms with van der Waals surface area (Å²) in [6, 6.07) is 19.0. The summed E-state index contributed by atoms with van der Waals surface area (Å²) in [6.07, 6.45) is 0. The zero-order valence-corrected chi connectivity index (χ0v) is 20.0. The molecule has 0 bridgehead atoms. The van der Waals surface area contributed by atoms with Gasteiger partial charge in [-0.05, 0) is 67.9 Å². The Bertz CT molecular complexity index is 1260. The number of rotatable bonds is 9. The van der Waals surface area contributed by atoms with E-state index in [0.717, 1.165) is 4.31 Å². The number of anilines is 2. The number of nitrogens with one attached hydrogen (secondary N) is 1. The Labute approximate surface area is 199 Å². The summed E-state index contributed by atoms with van der Waals surface area (Å²) >= 11 is 0. The molecule has 0 saturated heterocycles. The predicted octanol–water partition coefficient (Wildman–Crippen LogP) is 4.01. The topological polar surface area (TPSA) is 102 Å². The van der Waals surface area contributed by atoms with Gasteiger partial charge in [0.25, 0.3) is 10.0 Å². The van der Waals surface area contributed by atoms with Crippen LogP contribution in [0.15, 0.2) is 77.7 Å². The second-order valence-electron chi connectivity index (χ2n) is 7.32. The van der Waals surface area contributed by atoms with Crippen molar-refractivity contribution in [2.75, 3.05) is 29.9 Å². The molecule has 0 atom stereocenters. The number of esters is 1. The van der Waals surface area contributed by atoms with Crippen molar-refractivity contribution in [3.63, 3.8) is 0 Å². The van der Waals surface area contributed by atoms with Gasteiger partial charge in [-0.25, -0.2) is 13.2 Å². The molecule has 0 aliphatic carbocycles. The molecule has 3 rings (SSSR count). The van der Waals surface area contributed by atoms with Crippen molar-refractivity contribution < 1.29 is 27.5 Å². The van der Waals surface area contributed by atoms with E-state index in [1.807, 2.05) is 0 Å². The van der Waals surface area contributed by atoms with E-state index in [4.69, 9.17) is 9.47 Å². The Morgan fingerprint density at radius 3 is 2.26 bits per heavy atom. The van der Waals surface area contributed by atoms with Crippen molar-refractivity contribution in [1.82, 2.24) is 0 Å². The third-order valence-electron chi connectivity index (χ3n) is 5.00. The fourth-order valence-electron chi connectivity index (χ4n) is 3.20. The molecule has 178 valence electrons. The van der Waals surface area contributed by atoms with E-state index < -0.39 is 28.4 Å². The maximum Gasteiger partial charge on any atom is 0.338 e. The number of carbonyl (C=O) groups excluding carboxylic acids is 2. The molecule has 0 aliphatic heterocycles. The summed E-state index contributed by atoms with van der Waals surface area (Å²) in [6.45, 7) is 3.22. The number of benzene rings is 3. The number of hydrogen-bond acceptors (Lipinski definition) is 6. The second kappa shape index (κ2) is 10.8. The Kier molecular flexibility index (Phi) is 7.91. The lowest BCUT2D eigenvalue weighted by molar-refractivity contribution is -0.114. The van der Waals surface area contributed by atoms with Gasteiger partial charge in [0.2, 0.25) is 5.91 Å². The van der Waals surface area contributed by atoms with Gasteiger partial charge in [-0.15, -0.1) is 0 Å². The molecule has 0 aromatic heterocycles. The molecule has 1 amide bonds. The first-order valence-corrected chi connectivity index (χ1v) is 12.0. The Hall–Kier alpha value is -3.85. The number of carbonyl (C=O) groups is 2. The molecule has 0 heterocycles. The van der Waals surface area contributed by atoms with E-state index in [-0.39, 0.29) is 17.1 Å². The number of ether oxygens (including phenoxy) is 2. The molecule has 0 spiro atoms. The summed E-state index contributed by atoms with van der Waals surface area (Å²) in [7, 11) is -2.53. The average molecular weight is 483 g/mol. The molecule has 3 aromatic carbocycles. The molecular formula is C25H26N2O6S. The van der Waals surface area contributed by atoms with E-state index in [0.29, 0.717) is 22.7 Å². The Balaban J connectivity index is 1.92. The number of amides is 1. The van der Waals surface area contributed by atoms with Crippen LogP contribution in [0.5, 0.6) is 5.75 Å². The Morgan fingerprint density at radius 1 is 0.971 bits per heavy atom. The first-order chi connectivity index (χ1) is 16.3. The van der Waals surface area contributed by atoms with Crippen molar-refractivity contribution in [2.24, 2.45) is 0 Å². The molecule has 0 fully saturated rings. The highest BCUT2D eigenvalue weighted by molar-refractivity contribution is 7.92. The average Bonchev–Trinajstić information content (AvgIpc) is 2.84. The van der Waals surface area contributed by atoms with E-state index in [1.54, 1.807) is 68.4 Å². The SMILES string of the molecule is CCOC(=O)c1ccc(C)c(NC(=O)CN(c2ccc(OC)cc2)S(=O)(=O)c2ccccc2)c1. The van der Waals surface area contributed by atoms with Crippen LogP contribution >= 0.6 is 0 Å². The molecule has 9 heteroatoms. The fourth-order valence-corrected chi connectivity index (χ4v) is 4.64. The number of hydrogen-bond donors (Lipinski definition) is 1. The van der Waals surface area contributed by atoms with Crippen LogP contribution in [0.3, 0.4) is 0 Å². The number of nitrogens with zero attached hydrogens (tertiary/aromatic N) is 1. The minimum absolute atomic E-state index is 0.0547. The molecule has 0 radical (unpaired) electrons. The summed E-state index contributed by atoms with van der Waals surface area (Å²) in [5.74, 6) is -0.527. The van der Waals surface area contributed by atoms with Crippen LogP contribution in [-0.2, 0) is 19.6 Å². The number of sulfonamides is 1. The molecule has 8 nitrogen and oxygen atoms in total. The lowest BCUT2D eigenvalue weighted by Crippen LogP contribution is -2.38. The van der Waals surface area contributed by atoms with Crippen LogP contribution in [0.1, 0.15) is 22.8 Å². The largest absolute Gasteiger partial charge is 0.497 e. The summed E-state index contributed by atoms with van der Waals surface area (Å²) < 4.78 is 38.0. The normalized spacial score (nSPS) is 10.9.